The highest BCUT2D eigenvalue weighted by atomic mass is 79.9. The molecule has 0 aliphatic carbocycles. The number of halogens is 1. The van der Waals surface area contributed by atoms with Gasteiger partial charge in [0.25, 0.3) is 0 Å². The second kappa shape index (κ2) is 6.69. The van der Waals surface area contributed by atoms with E-state index in [1.165, 1.54) is 42.4 Å². The predicted molar refractivity (Wildman–Crippen MR) is 80.5 cm³/mol. The van der Waals surface area contributed by atoms with E-state index in [0.717, 1.165) is 5.92 Å². The Morgan fingerprint density at radius 1 is 1.44 bits per heavy atom. The van der Waals surface area contributed by atoms with Crippen molar-refractivity contribution in [3.05, 3.63) is 34.3 Å². The fraction of sp³-hybridized carbons (Fsp3) is 0.600. The summed E-state index contributed by atoms with van der Waals surface area (Å²) < 4.78 is 1.18. The van der Waals surface area contributed by atoms with Gasteiger partial charge in [-0.2, -0.15) is 0 Å². The number of benzene rings is 1. The molecule has 0 amide bonds. The lowest BCUT2D eigenvalue weighted by Gasteiger charge is -2.38. The van der Waals surface area contributed by atoms with Crippen LogP contribution in [-0.2, 0) is 0 Å². The lowest BCUT2D eigenvalue weighted by Crippen LogP contribution is -2.41. The van der Waals surface area contributed by atoms with Gasteiger partial charge in [-0.25, -0.2) is 0 Å². The van der Waals surface area contributed by atoms with E-state index < -0.39 is 0 Å². The quantitative estimate of drug-likeness (QED) is 0.921. The molecule has 2 N–H and O–H groups in total. The molecule has 2 nitrogen and oxygen atoms in total. The fourth-order valence-electron chi connectivity index (χ4n) is 2.93. The van der Waals surface area contributed by atoms with E-state index in [0.29, 0.717) is 12.6 Å². The zero-order chi connectivity index (χ0) is 13.0. The van der Waals surface area contributed by atoms with Crippen molar-refractivity contribution in [1.82, 2.24) is 4.90 Å². The number of rotatable bonds is 4. The first-order chi connectivity index (χ1) is 8.76. The van der Waals surface area contributed by atoms with Crippen LogP contribution in [0.15, 0.2) is 28.7 Å². The van der Waals surface area contributed by atoms with E-state index in [9.17, 15) is 0 Å². The molecule has 1 fully saturated rings. The van der Waals surface area contributed by atoms with Crippen LogP contribution < -0.4 is 5.73 Å². The van der Waals surface area contributed by atoms with Gasteiger partial charge in [-0.05, 0) is 36.9 Å². The Morgan fingerprint density at radius 3 is 2.89 bits per heavy atom. The predicted octanol–water partition coefficient (Wildman–Crippen LogP) is 3.57. The topological polar surface area (TPSA) is 29.3 Å². The Morgan fingerprint density at radius 2 is 2.22 bits per heavy atom. The maximum absolute atomic E-state index is 6.03. The SMILES string of the molecule is CCC1CCCN(C(CN)c2ccccc2Br)C1. The fourth-order valence-corrected chi connectivity index (χ4v) is 3.48. The first-order valence-corrected chi connectivity index (χ1v) is 7.74. The summed E-state index contributed by atoms with van der Waals surface area (Å²) in [7, 11) is 0. The third kappa shape index (κ3) is 3.14. The largest absolute Gasteiger partial charge is 0.329 e. The van der Waals surface area contributed by atoms with Gasteiger partial charge in [0.1, 0.15) is 0 Å². The van der Waals surface area contributed by atoms with Crippen LogP contribution in [-0.4, -0.2) is 24.5 Å². The van der Waals surface area contributed by atoms with Gasteiger partial charge in [-0.15, -0.1) is 0 Å². The zero-order valence-electron chi connectivity index (χ0n) is 11.1. The number of likely N-dealkylation sites (tertiary alicyclic amines) is 1. The molecule has 1 saturated heterocycles. The number of hydrogen-bond acceptors (Lipinski definition) is 2. The molecule has 1 aromatic carbocycles. The average molecular weight is 311 g/mol. The minimum atomic E-state index is 0.356. The summed E-state index contributed by atoms with van der Waals surface area (Å²) in [6, 6.07) is 8.82. The number of nitrogens with two attached hydrogens (primary N) is 1. The van der Waals surface area contributed by atoms with E-state index >= 15 is 0 Å². The Labute approximate surface area is 119 Å². The smallest absolute Gasteiger partial charge is 0.0481 e. The van der Waals surface area contributed by atoms with Crippen molar-refractivity contribution in [3.8, 4) is 0 Å². The van der Waals surface area contributed by atoms with Gasteiger partial charge in [-0.1, -0.05) is 47.5 Å². The monoisotopic (exact) mass is 310 g/mol. The molecule has 0 radical (unpaired) electrons. The highest BCUT2D eigenvalue weighted by molar-refractivity contribution is 9.10. The molecule has 1 aromatic rings. The normalized spacial score (nSPS) is 22.9. The molecular weight excluding hydrogens is 288 g/mol. The highest BCUT2D eigenvalue weighted by Gasteiger charge is 2.26. The third-order valence-electron chi connectivity index (χ3n) is 4.06. The summed E-state index contributed by atoms with van der Waals surface area (Å²) in [6.07, 6.45) is 3.96. The Kier molecular flexibility index (Phi) is 5.22. The molecule has 1 aliphatic heterocycles. The first kappa shape index (κ1) is 14.0. The molecule has 0 aromatic heterocycles. The van der Waals surface area contributed by atoms with Gasteiger partial charge in [-0.3, -0.25) is 4.90 Å². The summed E-state index contributed by atoms with van der Waals surface area (Å²) in [5, 5.41) is 0. The van der Waals surface area contributed by atoms with Crippen LogP contribution in [0.25, 0.3) is 0 Å². The third-order valence-corrected chi connectivity index (χ3v) is 4.78. The highest BCUT2D eigenvalue weighted by Crippen LogP contribution is 2.31. The van der Waals surface area contributed by atoms with Crippen molar-refractivity contribution in [1.29, 1.82) is 0 Å². The van der Waals surface area contributed by atoms with Gasteiger partial charge in [0.2, 0.25) is 0 Å². The van der Waals surface area contributed by atoms with Gasteiger partial charge in [0.05, 0.1) is 0 Å². The van der Waals surface area contributed by atoms with Crippen LogP contribution in [0, 0.1) is 5.92 Å². The van der Waals surface area contributed by atoms with E-state index in [4.69, 9.17) is 5.73 Å². The van der Waals surface area contributed by atoms with Crippen LogP contribution in [0.1, 0.15) is 37.8 Å². The van der Waals surface area contributed by atoms with Crippen molar-refractivity contribution in [2.75, 3.05) is 19.6 Å². The van der Waals surface area contributed by atoms with Crippen LogP contribution in [0.4, 0.5) is 0 Å². The standard InChI is InChI=1S/C15H23BrN2/c1-2-12-6-5-9-18(11-12)15(10-17)13-7-3-4-8-14(13)16/h3-4,7-8,12,15H,2,5-6,9-11,17H2,1H3. The molecule has 100 valence electrons. The molecule has 18 heavy (non-hydrogen) atoms. The molecule has 1 heterocycles. The van der Waals surface area contributed by atoms with Crippen LogP contribution in [0.3, 0.4) is 0 Å². The minimum Gasteiger partial charge on any atom is -0.329 e. The molecule has 0 saturated carbocycles. The molecule has 1 aliphatic rings. The molecule has 2 unspecified atom stereocenters. The minimum absolute atomic E-state index is 0.356. The summed E-state index contributed by atoms with van der Waals surface area (Å²) >= 11 is 3.65. The molecule has 2 atom stereocenters. The maximum Gasteiger partial charge on any atom is 0.0481 e. The molecular formula is C15H23BrN2. The van der Waals surface area contributed by atoms with Gasteiger partial charge < -0.3 is 5.73 Å². The van der Waals surface area contributed by atoms with Crippen molar-refractivity contribution in [3.63, 3.8) is 0 Å². The summed E-state index contributed by atoms with van der Waals surface area (Å²) in [5.74, 6) is 0.843. The van der Waals surface area contributed by atoms with E-state index in [2.05, 4.69) is 52.0 Å². The van der Waals surface area contributed by atoms with Crippen molar-refractivity contribution in [2.45, 2.75) is 32.2 Å². The molecule has 0 spiro atoms. The Bertz CT molecular complexity index is 381. The van der Waals surface area contributed by atoms with E-state index in [-0.39, 0.29) is 0 Å². The molecule has 3 heteroatoms. The lowest BCUT2D eigenvalue weighted by molar-refractivity contribution is 0.124. The maximum atomic E-state index is 6.03. The number of hydrogen-bond donors (Lipinski definition) is 1. The molecule has 0 bridgehead atoms. The zero-order valence-corrected chi connectivity index (χ0v) is 12.7. The second-order valence-electron chi connectivity index (χ2n) is 5.18. The van der Waals surface area contributed by atoms with E-state index in [1.54, 1.807) is 0 Å². The summed E-state index contributed by atoms with van der Waals surface area (Å²) in [6.45, 7) is 5.36. The average Bonchev–Trinajstić information content (AvgIpc) is 2.42. The first-order valence-electron chi connectivity index (χ1n) is 6.94. The lowest BCUT2D eigenvalue weighted by atomic mass is 9.93. The molecule has 2 rings (SSSR count). The Hall–Kier alpha value is -0.380. The van der Waals surface area contributed by atoms with Crippen LogP contribution in [0.5, 0.6) is 0 Å². The number of nitrogens with zero attached hydrogens (tertiary/aromatic N) is 1. The summed E-state index contributed by atoms with van der Waals surface area (Å²) in [4.78, 5) is 2.57. The van der Waals surface area contributed by atoms with Crippen molar-refractivity contribution >= 4 is 15.9 Å². The number of piperidine rings is 1. The van der Waals surface area contributed by atoms with E-state index in [1.807, 2.05) is 0 Å². The summed E-state index contributed by atoms with van der Waals surface area (Å²) in [5.41, 5.74) is 7.36. The van der Waals surface area contributed by atoms with Crippen molar-refractivity contribution in [2.24, 2.45) is 11.7 Å². The van der Waals surface area contributed by atoms with Gasteiger partial charge >= 0.3 is 0 Å². The van der Waals surface area contributed by atoms with Crippen LogP contribution >= 0.6 is 15.9 Å². The van der Waals surface area contributed by atoms with Gasteiger partial charge in [0, 0.05) is 23.6 Å². The van der Waals surface area contributed by atoms with Crippen LogP contribution in [0.2, 0.25) is 0 Å². The second-order valence-corrected chi connectivity index (χ2v) is 6.04. The Balaban J connectivity index is 2.15. The van der Waals surface area contributed by atoms with Gasteiger partial charge in [0.15, 0.2) is 0 Å². The van der Waals surface area contributed by atoms with Crippen molar-refractivity contribution < 1.29 is 0 Å².